The number of ether oxygens (including phenoxy) is 1. The van der Waals surface area contributed by atoms with E-state index in [0.717, 1.165) is 19.4 Å². The molecule has 1 aromatic heterocycles. The Balaban J connectivity index is 1.78. The van der Waals surface area contributed by atoms with Crippen LogP contribution in [0.1, 0.15) is 10.4 Å². The molecule has 8 heteroatoms. The molecule has 0 bridgehead atoms. The van der Waals surface area contributed by atoms with Gasteiger partial charge in [0.05, 0.1) is 4.47 Å². The van der Waals surface area contributed by atoms with Gasteiger partial charge in [-0.15, -0.1) is 11.3 Å². The second-order valence-corrected chi connectivity index (χ2v) is 7.46. The van der Waals surface area contributed by atoms with Crippen molar-refractivity contribution in [2.45, 2.75) is 6.92 Å². The van der Waals surface area contributed by atoms with E-state index in [4.69, 9.17) is 4.74 Å². The molecule has 0 saturated heterocycles. The minimum atomic E-state index is -0.456. The first-order chi connectivity index (χ1) is 11.5. The van der Waals surface area contributed by atoms with Gasteiger partial charge in [0.15, 0.2) is 6.61 Å². The van der Waals surface area contributed by atoms with E-state index >= 15 is 0 Å². The highest BCUT2D eigenvalue weighted by atomic mass is 79.9. The van der Waals surface area contributed by atoms with E-state index in [-0.39, 0.29) is 6.61 Å². The van der Waals surface area contributed by atoms with Crippen LogP contribution in [-0.4, -0.2) is 18.4 Å². The second kappa shape index (κ2) is 9.00. The second-order valence-electron chi connectivity index (χ2n) is 4.71. The number of nitrogens with one attached hydrogen (secondary N) is 2. The average molecular weight is 474 g/mol. The number of hydrogen-bond acceptors (Lipinski definition) is 4. The van der Waals surface area contributed by atoms with Gasteiger partial charge in [-0.2, -0.15) is 0 Å². The number of carbonyl (C=O) groups excluding carboxylic acids is 2. The monoisotopic (exact) mass is 472 g/mol. The Morgan fingerprint density at radius 1 is 1.29 bits per heavy atom. The lowest BCUT2D eigenvalue weighted by molar-refractivity contribution is -0.128. The zero-order chi connectivity index (χ0) is 17.5. The maximum atomic E-state index is 11.7. The lowest BCUT2D eigenvalue weighted by atomic mass is 10.2. The molecule has 0 unspecified atom stereocenters. The summed E-state index contributed by atoms with van der Waals surface area (Å²) in [6.07, 6.45) is 3.02. The smallest absolute Gasteiger partial charge is 0.276 e. The third-order valence-electron chi connectivity index (χ3n) is 2.81. The number of rotatable bonds is 5. The van der Waals surface area contributed by atoms with Crippen LogP contribution in [0.15, 0.2) is 44.7 Å². The van der Waals surface area contributed by atoms with Crippen molar-refractivity contribution in [1.82, 2.24) is 10.9 Å². The van der Waals surface area contributed by atoms with Crippen molar-refractivity contribution in [2.24, 2.45) is 0 Å². The summed E-state index contributed by atoms with van der Waals surface area (Å²) in [4.78, 5) is 24.3. The summed E-state index contributed by atoms with van der Waals surface area (Å²) in [5.74, 6) is -0.294. The molecule has 2 amide bonds. The Labute approximate surface area is 160 Å². The Bertz CT molecular complexity index is 738. The molecule has 0 saturated carbocycles. The average Bonchev–Trinajstić information content (AvgIpc) is 3.03. The van der Waals surface area contributed by atoms with Crippen molar-refractivity contribution in [3.8, 4) is 5.75 Å². The Morgan fingerprint density at radius 2 is 2.08 bits per heavy atom. The maximum absolute atomic E-state index is 11.7. The summed E-state index contributed by atoms with van der Waals surface area (Å²) in [5.41, 5.74) is 5.48. The van der Waals surface area contributed by atoms with Gasteiger partial charge >= 0.3 is 0 Å². The van der Waals surface area contributed by atoms with E-state index in [1.54, 1.807) is 6.08 Å². The quantitative estimate of drug-likeness (QED) is 0.512. The molecule has 0 aliphatic rings. The number of hydrogen-bond donors (Lipinski definition) is 2. The number of halogens is 2. The highest BCUT2D eigenvalue weighted by Gasteiger charge is 2.10. The van der Waals surface area contributed by atoms with Gasteiger partial charge in [-0.3, -0.25) is 20.4 Å². The molecule has 2 N–H and O–H groups in total. The summed E-state index contributed by atoms with van der Waals surface area (Å²) in [7, 11) is 0. The van der Waals surface area contributed by atoms with Crippen molar-refractivity contribution in [2.75, 3.05) is 6.61 Å². The van der Waals surface area contributed by atoms with Gasteiger partial charge in [0.2, 0.25) is 0 Å². The molecule has 0 aliphatic heterocycles. The van der Waals surface area contributed by atoms with Crippen LogP contribution in [0, 0.1) is 6.92 Å². The van der Waals surface area contributed by atoms with Gasteiger partial charge in [-0.1, -0.05) is 22.0 Å². The molecular formula is C16H14Br2N2O3S. The maximum Gasteiger partial charge on any atom is 0.276 e. The summed E-state index contributed by atoms with van der Waals surface area (Å²) < 4.78 is 7.14. The number of hydrazine groups is 1. The molecule has 1 aromatic carbocycles. The van der Waals surface area contributed by atoms with Crippen LogP contribution in [0.4, 0.5) is 0 Å². The standard InChI is InChI=1S/C16H14Br2N2O3S/c1-10-7-11(17)8-13(18)16(10)23-9-15(22)20-19-14(21)5-4-12-3-2-6-24-12/h2-8H,9H2,1H3,(H,19,21)(H,20,22)/b5-4+. The van der Waals surface area contributed by atoms with Gasteiger partial charge in [-0.25, -0.2) is 0 Å². The predicted octanol–water partition coefficient (Wildman–Crippen LogP) is 3.82. The predicted molar refractivity (Wildman–Crippen MR) is 102 cm³/mol. The fourth-order valence-corrected chi connectivity index (χ4v) is 3.93. The van der Waals surface area contributed by atoms with Crippen molar-refractivity contribution in [1.29, 1.82) is 0 Å². The van der Waals surface area contributed by atoms with Gasteiger partial charge in [0, 0.05) is 15.4 Å². The topological polar surface area (TPSA) is 67.4 Å². The molecule has 0 spiro atoms. The molecule has 126 valence electrons. The van der Waals surface area contributed by atoms with Crippen LogP contribution in [0.5, 0.6) is 5.75 Å². The highest BCUT2D eigenvalue weighted by molar-refractivity contribution is 9.11. The van der Waals surface area contributed by atoms with Gasteiger partial charge in [0.1, 0.15) is 5.75 Å². The lowest BCUT2D eigenvalue weighted by Crippen LogP contribution is -2.43. The normalized spacial score (nSPS) is 10.6. The molecule has 0 fully saturated rings. The first-order valence-corrected chi connectivity index (χ1v) is 9.31. The Hall–Kier alpha value is -1.64. The molecule has 5 nitrogen and oxygen atoms in total. The first-order valence-electron chi connectivity index (χ1n) is 6.84. The number of aryl methyl sites for hydroxylation is 1. The van der Waals surface area contributed by atoms with Crippen LogP contribution in [0.3, 0.4) is 0 Å². The molecule has 0 radical (unpaired) electrons. The molecule has 0 aliphatic carbocycles. The van der Waals surface area contributed by atoms with Crippen LogP contribution in [-0.2, 0) is 9.59 Å². The van der Waals surface area contributed by atoms with Crippen LogP contribution >= 0.6 is 43.2 Å². The van der Waals surface area contributed by atoms with Crippen molar-refractivity contribution in [3.05, 3.63) is 55.1 Å². The van der Waals surface area contributed by atoms with E-state index in [0.29, 0.717) is 5.75 Å². The van der Waals surface area contributed by atoms with Gasteiger partial charge < -0.3 is 4.74 Å². The van der Waals surface area contributed by atoms with E-state index in [1.807, 2.05) is 36.6 Å². The van der Waals surface area contributed by atoms with Crippen LogP contribution in [0.25, 0.3) is 6.08 Å². The van der Waals surface area contributed by atoms with Crippen LogP contribution in [0.2, 0.25) is 0 Å². The van der Waals surface area contributed by atoms with Crippen molar-refractivity contribution < 1.29 is 14.3 Å². The highest BCUT2D eigenvalue weighted by Crippen LogP contribution is 2.32. The number of amides is 2. The first kappa shape index (κ1) is 18.7. The van der Waals surface area contributed by atoms with Gasteiger partial charge in [-0.05, 0) is 58.1 Å². The zero-order valence-corrected chi connectivity index (χ0v) is 16.6. The minimum Gasteiger partial charge on any atom is -0.482 e. The molecule has 0 atom stereocenters. The van der Waals surface area contributed by atoms with E-state index in [2.05, 4.69) is 42.7 Å². The summed E-state index contributed by atoms with van der Waals surface area (Å²) in [6.45, 7) is 1.66. The fourth-order valence-electron chi connectivity index (χ4n) is 1.76. The van der Waals surface area contributed by atoms with E-state index < -0.39 is 11.8 Å². The summed E-state index contributed by atoms with van der Waals surface area (Å²) in [5, 5.41) is 1.92. The summed E-state index contributed by atoms with van der Waals surface area (Å²) in [6, 6.07) is 7.50. The van der Waals surface area contributed by atoms with Crippen molar-refractivity contribution in [3.63, 3.8) is 0 Å². The number of benzene rings is 1. The molecule has 2 aromatic rings. The SMILES string of the molecule is Cc1cc(Br)cc(Br)c1OCC(=O)NNC(=O)/C=C/c1cccs1. The molecule has 2 rings (SSSR count). The lowest BCUT2D eigenvalue weighted by Gasteiger charge is -2.12. The molecule has 24 heavy (non-hydrogen) atoms. The van der Waals surface area contributed by atoms with Crippen LogP contribution < -0.4 is 15.6 Å². The van der Waals surface area contributed by atoms with E-state index in [9.17, 15) is 9.59 Å². The van der Waals surface area contributed by atoms with E-state index in [1.165, 1.54) is 17.4 Å². The zero-order valence-electron chi connectivity index (χ0n) is 12.6. The number of thiophene rings is 1. The Kier molecular flexibility index (Phi) is 7.01. The van der Waals surface area contributed by atoms with Gasteiger partial charge in [0.25, 0.3) is 11.8 Å². The van der Waals surface area contributed by atoms with Crippen molar-refractivity contribution >= 4 is 61.1 Å². The molecular weight excluding hydrogens is 460 g/mol. The third kappa shape index (κ3) is 5.77. The largest absolute Gasteiger partial charge is 0.482 e. The number of carbonyl (C=O) groups is 2. The Morgan fingerprint density at radius 3 is 2.75 bits per heavy atom. The fraction of sp³-hybridized carbons (Fsp3) is 0.125. The molecule has 1 heterocycles. The minimum absolute atomic E-state index is 0.212. The summed E-state index contributed by atoms with van der Waals surface area (Å²) >= 11 is 8.28. The third-order valence-corrected chi connectivity index (χ3v) is 4.69.